The quantitative estimate of drug-likeness (QED) is 0.407. The van der Waals surface area contributed by atoms with Gasteiger partial charge in [0.25, 0.3) is 5.91 Å². The first-order valence-electron chi connectivity index (χ1n) is 9.40. The normalized spacial score (nSPS) is 10.6. The van der Waals surface area contributed by atoms with E-state index in [2.05, 4.69) is 11.4 Å². The minimum atomic E-state index is -0.499. The number of amides is 1. The summed E-state index contributed by atoms with van der Waals surface area (Å²) in [6.07, 6.45) is 1.51. The van der Waals surface area contributed by atoms with Gasteiger partial charge in [-0.25, -0.2) is 0 Å². The lowest BCUT2D eigenvalue weighted by atomic mass is 10.1. The molecule has 0 aliphatic rings. The second-order valence-electron chi connectivity index (χ2n) is 6.71. The number of carbonyl (C=O) groups is 1. The maximum atomic E-state index is 12.5. The molecule has 3 aromatic rings. The lowest BCUT2D eigenvalue weighted by Gasteiger charge is -2.09. The highest BCUT2D eigenvalue weighted by atomic mass is 35.5. The summed E-state index contributed by atoms with van der Waals surface area (Å²) in [6, 6.07) is 23.4. The number of nitrogens with one attached hydrogen (secondary N) is 1. The van der Waals surface area contributed by atoms with E-state index in [0.717, 1.165) is 11.1 Å². The number of benzene rings is 3. The number of nitrogens with zero attached hydrogens (tertiary/aromatic N) is 2. The molecule has 1 amide bonds. The monoisotopic (exact) mass is 427 g/mol. The van der Waals surface area contributed by atoms with Crippen molar-refractivity contribution in [1.29, 1.82) is 10.5 Å². The summed E-state index contributed by atoms with van der Waals surface area (Å²) < 4.78 is 5.74. The molecule has 0 bridgehead atoms. The molecule has 3 aromatic carbocycles. The SMILES string of the molecule is Cc1cc(Cl)ccc1NC(=O)/C(C#N)=C/c1ccc(OCc2ccccc2C#N)cc1. The van der Waals surface area contributed by atoms with Crippen LogP contribution in [0.15, 0.2) is 72.3 Å². The molecule has 0 heterocycles. The number of rotatable bonds is 6. The van der Waals surface area contributed by atoms with Gasteiger partial charge in [-0.05, 0) is 60.5 Å². The third-order valence-electron chi connectivity index (χ3n) is 4.52. The van der Waals surface area contributed by atoms with Crippen LogP contribution in [0.3, 0.4) is 0 Å². The zero-order valence-corrected chi connectivity index (χ0v) is 17.5. The van der Waals surface area contributed by atoms with Crippen LogP contribution < -0.4 is 10.1 Å². The van der Waals surface area contributed by atoms with Crippen molar-refractivity contribution in [2.45, 2.75) is 13.5 Å². The van der Waals surface area contributed by atoms with Crippen molar-refractivity contribution >= 4 is 29.3 Å². The number of halogens is 1. The van der Waals surface area contributed by atoms with Crippen molar-refractivity contribution in [3.8, 4) is 17.9 Å². The largest absolute Gasteiger partial charge is 0.489 e. The molecule has 0 saturated carbocycles. The zero-order chi connectivity index (χ0) is 22.2. The zero-order valence-electron chi connectivity index (χ0n) is 16.7. The molecule has 0 spiro atoms. The van der Waals surface area contributed by atoms with E-state index in [-0.39, 0.29) is 12.2 Å². The van der Waals surface area contributed by atoms with Crippen molar-refractivity contribution < 1.29 is 9.53 Å². The number of hydrogen-bond donors (Lipinski definition) is 1. The van der Waals surface area contributed by atoms with E-state index in [1.165, 1.54) is 6.08 Å². The summed E-state index contributed by atoms with van der Waals surface area (Å²) in [7, 11) is 0. The first kappa shape index (κ1) is 21.6. The van der Waals surface area contributed by atoms with Crippen LogP contribution in [0.4, 0.5) is 5.69 Å². The number of aryl methyl sites for hydroxylation is 1. The van der Waals surface area contributed by atoms with Crippen LogP contribution in [-0.4, -0.2) is 5.91 Å². The van der Waals surface area contributed by atoms with E-state index in [1.807, 2.05) is 25.1 Å². The van der Waals surface area contributed by atoms with Gasteiger partial charge in [0, 0.05) is 16.3 Å². The van der Waals surface area contributed by atoms with Gasteiger partial charge in [-0.3, -0.25) is 4.79 Å². The molecule has 3 rings (SSSR count). The van der Waals surface area contributed by atoms with Gasteiger partial charge >= 0.3 is 0 Å². The number of hydrogen-bond acceptors (Lipinski definition) is 4. The molecule has 6 heteroatoms. The molecule has 152 valence electrons. The van der Waals surface area contributed by atoms with E-state index in [1.54, 1.807) is 54.6 Å². The highest BCUT2D eigenvalue weighted by Gasteiger charge is 2.11. The Morgan fingerprint density at radius 1 is 1.10 bits per heavy atom. The van der Waals surface area contributed by atoms with Gasteiger partial charge in [0.2, 0.25) is 0 Å². The van der Waals surface area contributed by atoms with Crippen LogP contribution in [0.2, 0.25) is 5.02 Å². The summed E-state index contributed by atoms with van der Waals surface area (Å²) in [4.78, 5) is 12.5. The highest BCUT2D eigenvalue weighted by molar-refractivity contribution is 6.30. The molecule has 0 atom stereocenters. The molecule has 0 radical (unpaired) electrons. The first-order chi connectivity index (χ1) is 15.0. The summed E-state index contributed by atoms with van der Waals surface area (Å²) >= 11 is 5.93. The number of anilines is 1. The lowest BCUT2D eigenvalue weighted by molar-refractivity contribution is -0.112. The molecular formula is C25H18ClN3O2. The molecule has 0 unspecified atom stereocenters. The van der Waals surface area contributed by atoms with Gasteiger partial charge in [0.1, 0.15) is 24.0 Å². The number of nitriles is 2. The Labute approximate surface area is 185 Å². The molecule has 0 fully saturated rings. The van der Waals surface area contributed by atoms with Crippen molar-refractivity contribution in [3.63, 3.8) is 0 Å². The van der Waals surface area contributed by atoms with Crippen LogP contribution >= 0.6 is 11.6 Å². The van der Waals surface area contributed by atoms with E-state index in [4.69, 9.17) is 21.6 Å². The average molecular weight is 428 g/mol. The fourth-order valence-electron chi connectivity index (χ4n) is 2.85. The lowest BCUT2D eigenvalue weighted by Crippen LogP contribution is -2.14. The predicted octanol–water partition coefficient (Wildman–Crippen LogP) is 5.64. The minimum Gasteiger partial charge on any atom is -0.489 e. The number of carbonyl (C=O) groups excluding carboxylic acids is 1. The van der Waals surface area contributed by atoms with Crippen molar-refractivity contribution in [3.05, 3.63) is 99.6 Å². The Bertz CT molecular complexity index is 1220. The smallest absolute Gasteiger partial charge is 0.266 e. The Morgan fingerprint density at radius 3 is 2.52 bits per heavy atom. The van der Waals surface area contributed by atoms with Crippen LogP contribution in [-0.2, 0) is 11.4 Å². The maximum absolute atomic E-state index is 12.5. The Kier molecular flexibility index (Phi) is 7.06. The standard InChI is InChI=1S/C25H18ClN3O2/c1-17-12-22(26)8-11-24(17)29-25(30)21(15-28)13-18-6-9-23(10-7-18)31-16-20-5-3-2-4-19(20)14-27/h2-13H,16H2,1H3,(H,29,30)/b21-13+. The van der Waals surface area contributed by atoms with E-state index < -0.39 is 5.91 Å². The Morgan fingerprint density at radius 2 is 1.84 bits per heavy atom. The molecule has 0 aliphatic heterocycles. The molecule has 31 heavy (non-hydrogen) atoms. The van der Waals surface area contributed by atoms with Gasteiger partial charge < -0.3 is 10.1 Å². The number of ether oxygens (including phenoxy) is 1. The molecule has 0 aliphatic carbocycles. The predicted molar refractivity (Wildman–Crippen MR) is 120 cm³/mol. The van der Waals surface area contributed by atoms with Crippen LogP contribution in [0.5, 0.6) is 5.75 Å². The minimum absolute atomic E-state index is 0.0223. The Hall–Kier alpha value is -4.06. The molecule has 0 saturated heterocycles. The van der Waals surface area contributed by atoms with Gasteiger partial charge in [-0.1, -0.05) is 41.9 Å². The highest BCUT2D eigenvalue weighted by Crippen LogP contribution is 2.21. The summed E-state index contributed by atoms with van der Waals surface area (Å²) in [5, 5.41) is 21.9. The summed E-state index contributed by atoms with van der Waals surface area (Å²) in [5.74, 6) is 0.117. The second-order valence-corrected chi connectivity index (χ2v) is 7.15. The van der Waals surface area contributed by atoms with Crippen LogP contribution in [0.1, 0.15) is 22.3 Å². The first-order valence-corrected chi connectivity index (χ1v) is 9.78. The average Bonchev–Trinajstić information content (AvgIpc) is 2.78. The van der Waals surface area contributed by atoms with Gasteiger partial charge in [-0.2, -0.15) is 10.5 Å². The summed E-state index contributed by atoms with van der Waals surface area (Å²) in [6.45, 7) is 2.09. The van der Waals surface area contributed by atoms with E-state index in [0.29, 0.717) is 27.6 Å². The van der Waals surface area contributed by atoms with Crippen LogP contribution in [0, 0.1) is 29.6 Å². The van der Waals surface area contributed by atoms with Gasteiger partial charge in [0.05, 0.1) is 11.6 Å². The summed E-state index contributed by atoms with van der Waals surface area (Å²) in [5.41, 5.74) is 3.43. The van der Waals surface area contributed by atoms with Gasteiger partial charge in [-0.15, -0.1) is 0 Å². The topological polar surface area (TPSA) is 85.9 Å². The van der Waals surface area contributed by atoms with Crippen molar-refractivity contribution in [2.75, 3.05) is 5.32 Å². The third kappa shape index (κ3) is 5.73. The fraction of sp³-hybridized carbons (Fsp3) is 0.0800. The molecular weight excluding hydrogens is 410 g/mol. The molecule has 1 N–H and O–H groups in total. The maximum Gasteiger partial charge on any atom is 0.266 e. The fourth-order valence-corrected chi connectivity index (χ4v) is 3.08. The second kappa shape index (κ2) is 10.1. The Balaban J connectivity index is 1.68. The van der Waals surface area contributed by atoms with E-state index in [9.17, 15) is 10.1 Å². The van der Waals surface area contributed by atoms with Gasteiger partial charge in [0.15, 0.2) is 0 Å². The molecule has 0 aromatic heterocycles. The van der Waals surface area contributed by atoms with Crippen molar-refractivity contribution in [2.24, 2.45) is 0 Å². The van der Waals surface area contributed by atoms with E-state index >= 15 is 0 Å². The molecule has 5 nitrogen and oxygen atoms in total. The van der Waals surface area contributed by atoms with Crippen LogP contribution in [0.25, 0.3) is 6.08 Å². The van der Waals surface area contributed by atoms with Crippen molar-refractivity contribution in [1.82, 2.24) is 0 Å². The third-order valence-corrected chi connectivity index (χ3v) is 4.76.